The van der Waals surface area contributed by atoms with Crippen molar-refractivity contribution in [1.29, 1.82) is 0 Å². The summed E-state index contributed by atoms with van der Waals surface area (Å²) >= 11 is 0. The fourth-order valence-corrected chi connectivity index (χ4v) is 1.45. The predicted molar refractivity (Wildman–Crippen MR) is 69.8 cm³/mol. The fourth-order valence-electron chi connectivity index (χ4n) is 1.45. The van der Waals surface area contributed by atoms with Crippen molar-refractivity contribution in [1.82, 2.24) is 5.48 Å². The lowest BCUT2D eigenvalue weighted by atomic mass is 9.87. The SMILES string of the molecule is COCCONCc1ccc(C(C)(C)C)cc1. The number of hydrogen-bond acceptors (Lipinski definition) is 3. The molecule has 0 fully saturated rings. The van der Waals surface area contributed by atoms with E-state index in [1.807, 2.05) is 0 Å². The minimum absolute atomic E-state index is 0.209. The molecule has 0 spiro atoms. The quantitative estimate of drug-likeness (QED) is 0.609. The van der Waals surface area contributed by atoms with Crippen LogP contribution < -0.4 is 5.48 Å². The summed E-state index contributed by atoms with van der Waals surface area (Å²) in [6, 6.07) is 8.61. The van der Waals surface area contributed by atoms with Gasteiger partial charge in [-0.05, 0) is 16.5 Å². The standard InChI is InChI=1S/C14H23NO2/c1-14(2,3)13-7-5-12(6-8-13)11-15-17-10-9-16-4/h5-8,15H,9-11H2,1-4H3. The molecule has 0 aliphatic heterocycles. The molecule has 1 N–H and O–H groups in total. The van der Waals surface area contributed by atoms with E-state index in [1.54, 1.807) is 7.11 Å². The minimum Gasteiger partial charge on any atom is -0.382 e. The van der Waals surface area contributed by atoms with E-state index >= 15 is 0 Å². The van der Waals surface area contributed by atoms with E-state index in [0.29, 0.717) is 19.8 Å². The van der Waals surface area contributed by atoms with E-state index in [-0.39, 0.29) is 5.41 Å². The van der Waals surface area contributed by atoms with E-state index in [4.69, 9.17) is 9.57 Å². The smallest absolute Gasteiger partial charge is 0.0916 e. The second-order valence-electron chi connectivity index (χ2n) is 5.11. The molecule has 0 saturated carbocycles. The molecule has 0 saturated heterocycles. The first-order valence-corrected chi connectivity index (χ1v) is 5.97. The van der Waals surface area contributed by atoms with Gasteiger partial charge in [0.2, 0.25) is 0 Å². The van der Waals surface area contributed by atoms with Gasteiger partial charge in [-0.2, -0.15) is 5.48 Å². The van der Waals surface area contributed by atoms with Crippen molar-refractivity contribution in [2.45, 2.75) is 32.7 Å². The first-order valence-electron chi connectivity index (χ1n) is 5.97. The molecule has 96 valence electrons. The van der Waals surface area contributed by atoms with Gasteiger partial charge in [0.1, 0.15) is 0 Å². The molecule has 0 unspecified atom stereocenters. The summed E-state index contributed by atoms with van der Waals surface area (Å²) in [5.74, 6) is 0. The lowest BCUT2D eigenvalue weighted by Gasteiger charge is -2.19. The third kappa shape index (κ3) is 5.31. The number of nitrogens with one attached hydrogen (secondary N) is 1. The Morgan fingerprint density at radius 3 is 2.24 bits per heavy atom. The first-order chi connectivity index (χ1) is 8.04. The number of ether oxygens (including phenoxy) is 1. The molecule has 0 heterocycles. The Balaban J connectivity index is 2.36. The Labute approximate surface area is 104 Å². The van der Waals surface area contributed by atoms with Crippen molar-refractivity contribution in [3.05, 3.63) is 35.4 Å². The molecule has 3 nitrogen and oxygen atoms in total. The van der Waals surface area contributed by atoms with Crippen molar-refractivity contribution >= 4 is 0 Å². The zero-order valence-electron chi connectivity index (χ0n) is 11.2. The van der Waals surface area contributed by atoms with Gasteiger partial charge >= 0.3 is 0 Å². The van der Waals surface area contributed by atoms with Crippen molar-refractivity contribution < 1.29 is 9.57 Å². The van der Waals surface area contributed by atoms with Crippen molar-refractivity contribution in [2.75, 3.05) is 20.3 Å². The molecule has 0 amide bonds. The summed E-state index contributed by atoms with van der Waals surface area (Å²) in [4.78, 5) is 5.20. The molecule has 0 atom stereocenters. The van der Waals surface area contributed by atoms with E-state index in [2.05, 4.69) is 50.5 Å². The Morgan fingerprint density at radius 1 is 1.06 bits per heavy atom. The van der Waals surface area contributed by atoms with Gasteiger partial charge in [-0.3, -0.25) is 4.84 Å². The maximum absolute atomic E-state index is 5.20. The Bertz CT molecular complexity index is 314. The Morgan fingerprint density at radius 2 is 1.71 bits per heavy atom. The van der Waals surface area contributed by atoms with Crippen molar-refractivity contribution in [2.24, 2.45) is 0 Å². The van der Waals surface area contributed by atoms with Gasteiger partial charge in [0, 0.05) is 13.7 Å². The molecule has 0 bridgehead atoms. The summed E-state index contributed by atoms with van der Waals surface area (Å²) in [6.45, 7) is 8.54. The number of rotatable bonds is 6. The van der Waals surface area contributed by atoms with Crippen LogP contribution in [0.2, 0.25) is 0 Å². The molecule has 1 aromatic rings. The minimum atomic E-state index is 0.209. The normalized spacial score (nSPS) is 11.8. The molecule has 0 aliphatic rings. The van der Waals surface area contributed by atoms with Crippen LogP contribution in [0.1, 0.15) is 31.9 Å². The summed E-state index contributed by atoms with van der Waals surface area (Å²) < 4.78 is 4.88. The Kier molecular flexibility index (Phi) is 5.62. The summed E-state index contributed by atoms with van der Waals surface area (Å²) in [6.07, 6.45) is 0. The van der Waals surface area contributed by atoms with Crippen LogP contribution in [0.25, 0.3) is 0 Å². The molecular weight excluding hydrogens is 214 g/mol. The van der Waals surface area contributed by atoms with Crippen molar-refractivity contribution in [3.8, 4) is 0 Å². The monoisotopic (exact) mass is 237 g/mol. The third-order valence-corrected chi connectivity index (χ3v) is 2.59. The number of hydrogen-bond donors (Lipinski definition) is 1. The first kappa shape index (κ1) is 14.2. The highest BCUT2D eigenvalue weighted by Gasteiger charge is 2.12. The van der Waals surface area contributed by atoms with Gasteiger partial charge in [-0.1, -0.05) is 45.0 Å². The molecule has 17 heavy (non-hydrogen) atoms. The zero-order valence-corrected chi connectivity index (χ0v) is 11.2. The van der Waals surface area contributed by atoms with Crippen LogP contribution in [-0.2, 0) is 21.5 Å². The summed E-state index contributed by atoms with van der Waals surface area (Å²) in [5, 5.41) is 0. The van der Waals surface area contributed by atoms with E-state index in [9.17, 15) is 0 Å². The van der Waals surface area contributed by atoms with Gasteiger partial charge in [-0.25, -0.2) is 0 Å². The van der Waals surface area contributed by atoms with Crippen LogP contribution in [0, 0.1) is 0 Å². The topological polar surface area (TPSA) is 30.5 Å². The average molecular weight is 237 g/mol. The number of benzene rings is 1. The number of hydroxylamine groups is 1. The average Bonchev–Trinajstić information content (AvgIpc) is 2.28. The molecule has 0 radical (unpaired) electrons. The predicted octanol–water partition coefficient (Wildman–Crippen LogP) is 2.65. The largest absolute Gasteiger partial charge is 0.382 e. The maximum Gasteiger partial charge on any atom is 0.0916 e. The van der Waals surface area contributed by atoms with E-state index in [0.717, 1.165) is 0 Å². The molecular formula is C14H23NO2. The third-order valence-electron chi connectivity index (χ3n) is 2.59. The molecule has 3 heteroatoms. The molecule has 1 rings (SSSR count). The van der Waals surface area contributed by atoms with Gasteiger partial charge in [0.25, 0.3) is 0 Å². The second kappa shape index (κ2) is 6.74. The lowest BCUT2D eigenvalue weighted by molar-refractivity contribution is 0.00346. The summed E-state index contributed by atoms with van der Waals surface area (Å²) in [5.41, 5.74) is 5.69. The highest BCUT2D eigenvalue weighted by molar-refractivity contribution is 5.27. The fraction of sp³-hybridized carbons (Fsp3) is 0.571. The van der Waals surface area contributed by atoms with Crippen LogP contribution in [-0.4, -0.2) is 20.3 Å². The van der Waals surface area contributed by atoms with Crippen LogP contribution in [0.4, 0.5) is 0 Å². The molecule has 0 aromatic heterocycles. The molecule has 0 aliphatic carbocycles. The van der Waals surface area contributed by atoms with Crippen LogP contribution in [0.15, 0.2) is 24.3 Å². The van der Waals surface area contributed by atoms with Gasteiger partial charge in [0.15, 0.2) is 0 Å². The highest BCUT2D eigenvalue weighted by Crippen LogP contribution is 2.21. The van der Waals surface area contributed by atoms with Gasteiger partial charge < -0.3 is 4.74 Å². The molecule has 1 aromatic carbocycles. The lowest BCUT2D eigenvalue weighted by Crippen LogP contribution is -2.17. The van der Waals surface area contributed by atoms with E-state index < -0.39 is 0 Å². The van der Waals surface area contributed by atoms with Crippen LogP contribution in [0.5, 0.6) is 0 Å². The maximum atomic E-state index is 5.20. The van der Waals surface area contributed by atoms with Gasteiger partial charge in [0.05, 0.1) is 13.2 Å². The second-order valence-corrected chi connectivity index (χ2v) is 5.11. The van der Waals surface area contributed by atoms with Gasteiger partial charge in [-0.15, -0.1) is 0 Å². The van der Waals surface area contributed by atoms with Crippen molar-refractivity contribution in [3.63, 3.8) is 0 Å². The van der Waals surface area contributed by atoms with Crippen LogP contribution in [0.3, 0.4) is 0 Å². The van der Waals surface area contributed by atoms with Crippen LogP contribution >= 0.6 is 0 Å². The van der Waals surface area contributed by atoms with E-state index in [1.165, 1.54) is 11.1 Å². The number of methoxy groups -OCH3 is 1. The zero-order chi connectivity index (χ0) is 12.7. The summed E-state index contributed by atoms with van der Waals surface area (Å²) in [7, 11) is 1.66. The highest BCUT2D eigenvalue weighted by atomic mass is 16.7. The Hall–Kier alpha value is -0.900.